The van der Waals surface area contributed by atoms with Crippen molar-refractivity contribution in [1.29, 1.82) is 0 Å². The second kappa shape index (κ2) is 10.1. The highest BCUT2D eigenvalue weighted by Crippen LogP contribution is 2.38. The number of phosphoric ester groups is 1. The van der Waals surface area contributed by atoms with Gasteiger partial charge in [-0.2, -0.15) is 0 Å². The summed E-state index contributed by atoms with van der Waals surface area (Å²) < 4.78 is 26.2. The Kier molecular flexibility index (Phi) is 10.3. The largest absolute Gasteiger partial charge is 0.469 e. The molecule has 0 aromatic carbocycles. The monoisotopic (exact) mass is 318 g/mol. The van der Waals surface area contributed by atoms with Crippen LogP contribution in [0, 0.1) is 0 Å². The summed E-state index contributed by atoms with van der Waals surface area (Å²) in [5.74, 6) is 0.320. The number of phosphoric acid groups is 1. The summed E-state index contributed by atoms with van der Waals surface area (Å²) in [4.78, 5) is 17.6. The normalized spacial score (nSPS) is 15.4. The van der Waals surface area contributed by atoms with E-state index in [0.29, 0.717) is 31.9 Å². The van der Waals surface area contributed by atoms with Gasteiger partial charge in [0.15, 0.2) is 0 Å². The minimum absolute atomic E-state index is 0.197. The van der Waals surface area contributed by atoms with Crippen molar-refractivity contribution in [3.8, 4) is 0 Å². The summed E-state index contributed by atoms with van der Waals surface area (Å²) in [5.41, 5.74) is -0.811. The first kappa shape index (κ1) is 19.3. The van der Waals surface area contributed by atoms with E-state index >= 15 is 0 Å². The molecule has 0 aromatic heterocycles. The third-order valence-corrected chi connectivity index (χ3v) is 3.37. The molecule has 1 atom stereocenters. The second-order valence-corrected chi connectivity index (χ2v) is 5.95. The Hall–Kier alpha value is 0.320. The average Bonchev–Trinajstić information content (AvgIpc) is 2.33. The van der Waals surface area contributed by atoms with Crippen LogP contribution in [0.1, 0.15) is 32.6 Å². The Morgan fingerprint density at radius 1 is 1.26 bits per heavy atom. The van der Waals surface area contributed by atoms with Gasteiger partial charge >= 0.3 is 7.82 Å². The molecule has 6 nitrogen and oxygen atoms in total. The molecule has 0 aliphatic heterocycles. The maximum Gasteiger partial charge on any atom is 0.469 e. The fraction of sp³-hybridized carbons (Fsp3) is 1.00. The van der Waals surface area contributed by atoms with Crippen molar-refractivity contribution in [2.75, 3.05) is 32.8 Å². The maximum atomic E-state index is 10.8. The summed E-state index contributed by atoms with van der Waals surface area (Å²) in [6, 6.07) is 0. The van der Waals surface area contributed by atoms with Crippen molar-refractivity contribution >= 4 is 19.4 Å². The van der Waals surface area contributed by atoms with Crippen LogP contribution in [-0.4, -0.2) is 48.2 Å². The van der Waals surface area contributed by atoms with Gasteiger partial charge in [0, 0.05) is 32.6 Å². The van der Waals surface area contributed by atoms with Crippen LogP contribution in [0.4, 0.5) is 0 Å². The number of hydrogen-bond acceptors (Lipinski definition) is 4. The fourth-order valence-electron chi connectivity index (χ4n) is 1.55. The van der Waals surface area contributed by atoms with E-state index in [-0.39, 0.29) is 6.61 Å². The molecule has 0 amide bonds. The lowest BCUT2D eigenvalue weighted by molar-refractivity contribution is -0.0943. The maximum absolute atomic E-state index is 10.8. The van der Waals surface area contributed by atoms with Gasteiger partial charge in [-0.15, -0.1) is 11.6 Å². The minimum Gasteiger partial charge on any atom is -0.385 e. The van der Waals surface area contributed by atoms with Crippen LogP contribution in [0.3, 0.4) is 0 Å². The van der Waals surface area contributed by atoms with Gasteiger partial charge in [-0.1, -0.05) is 13.3 Å². The van der Waals surface area contributed by atoms with E-state index < -0.39 is 13.4 Å². The molecule has 0 aliphatic carbocycles. The molecule has 19 heavy (non-hydrogen) atoms. The molecule has 2 N–H and O–H groups in total. The SMILES string of the molecule is CCCCOC(CCCl)(CCOC)COP(=O)(O)O. The summed E-state index contributed by atoms with van der Waals surface area (Å²) >= 11 is 5.76. The Labute approximate surface area is 119 Å². The van der Waals surface area contributed by atoms with E-state index in [4.69, 9.17) is 30.9 Å². The standard InChI is InChI=1S/C11H24ClO6P/c1-3-4-8-17-11(5-7-12,6-9-16-2)10-18-19(13,14)15/h3-10H2,1-2H3,(H2,13,14,15). The van der Waals surface area contributed by atoms with Gasteiger partial charge in [-0.3, -0.25) is 4.52 Å². The number of halogens is 1. The highest BCUT2D eigenvalue weighted by atomic mass is 35.5. The first-order chi connectivity index (χ1) is 8.89. The molecular weight excluding hydrogens is 295 g/mol. The van der Waals surface area contributed by atoms with Crippen molar-refractivity contribution in [3.63, 3.8) is 0 Å². The number of ether oxygens (including phenoxy) is 2. The van der Waals surface area contributed by atoms with E-state index in [1.807, 2.05) is 6.92 Å². The van der Waals surface area contributed by atoms with Crippen LogP contribution in [-0.2, 0) is 18.6 Å². The first-order valence-corrected chi connectivity index (χ1v) is 8.34. The van der Waals surface area contributed by atoms with Gasteiger partial charge < -0.3 is 19.3 Å². The average molecular weight is 319 g/mol. The molecule has 0 saturated heterocycles. The van der Waals surface area contributed by atoms with E-state index in [1.165, 1.54) is 0 Å². The van der Waals surface area contributed by atoms with E-state index in [1.54, 1.807) is 7.11 Å². The van der Waals surface area contributed by atoms with Crippen LogP contribution in [0.15, 0.2) is 0 Å². The summed E-state index contributed by atoms with van der Waals surface area (Å²) in [7, 11) is -2.96. The van der Waals surface area contributed by atoms with Gasteiger partial charge in [-0.25, -0.2) is 4.57 Å². The quantitative estimate of drug-likeness (QED) is 0.326. The molecule has 0 bridgehead atoms. The zero-order valence-electron chi connectivity index (χ0n) is 11.5. The van der Waals surface area contributed by atoms with Crippen molar-refractivity contribution in [2.24, 2.45) is 0 Å². The lowest BCUT2D eigenvalue weighted by Gasteiger charge is -2.33. The molecule has 1 unspecified atom stereocenters. The Morgan fingerprint density at radius 3 is 2.42 bits per heavy atom. The molecule has 0 heterocycles. The predicted molar refractivity (Wildman–Crippen MR) is 73.4 cm³/mol. The van der Waals surface area contributed by atoms with Gasteiger partial charge in [0.05, 0.1) is 12.2 Å². The number of hydrogen-bond donors (Lipinski definition) is 2. The number of alkyl halides is 1. The molecule has 0 radical (unpaired) electrons. The van der Waals surface area contributed by atoms with E-state index in [9.17, 15) is 4.57 Å². The van der Waals surface area contributed by atoms with Gasteiger partial charge in [-0.05, 0) is 12.8 Å². The van der Waals surface area contributed by atoms with Crippen molar-refractivity contribution in [3.05, 3.63) is 0 Å². The molecule has 0 rings (SSSR count). The van der Waals surface area contributed by atoms with Crippen molar-refractivity contribution < 1.29 is 28.3 Å². The van der Waals surface area contributed by atoms with Crippen LogP contribution in [0.5, 0.6) is 0 Å². The van der Waals surface area contributed by atoms with Crippen molar-refractivity contribution in [1.82, 2.24) is 0 Å². The molecule has 116 valence electrons. The molecule has 0 aromatic rings. The smallest absolute Gasteiger partial charge is 0.385 e. The molecule has 0 saturated carbocycles. The third kappa shape index (κ3) is 9.79. The molecule has 0 spiro atoms. The van der Waals surface area contributed by atoms with Crippen LogP contribution in [0.2, 0.25) is 0 Å². The Morgan fingerprint density at radius 2 is 1.95 bits per heavy atom. The second-order valence-electron chi connectivity index (χ2n) is 4.33. The number of methoxy groups -OCH3 is 1. The fourth-order valence-corrected chi connectivity index (χ4v) is 2.30. The van der Waals surface area contributed by atoms with Gasteiger partial charge in [0.1, 0.15) is 0 Å². The van der Waals surface area contributed by atoms with Crippen LogP contribution >= 0.6 is 19.4 Å². The number of unbranched alkanes of at least 4 members (excludes halogenated alkanes) is 1. The van der Waals surface area contributed by atoms with Crippen LogP contribution in [0.25, 0.3) is 0 Å². The zero-order chi connectivity index (χ0) is 14.8. The first-order valence-electron chi connectivity index (χ1n) is 6.28. The van der Waals surface area contributed by atoms with Gasteiger partial charge in [0.25, 0.3) is 0 Å². The highest BCUT2D eigenvalue weighted by molar-refractivity contribution is 7.46. The Bertz CT molecular complexity index is 272. The zero-order valence-corrected chi connectivity index (χ0v) is 13.2. The molecular formula is C11H24ClO6P. The lowest BCUT2D eigenvalue weighted by atomic mass is 9.97. The molecule has 8 heteroatoms. The van der Waals surface area contributed by atoms with Crippen LogP contribution < -0.4 is 0 Å². The minimum atomic E-state index is -4.52. The highest BCUT2D eigenvalue weighted by Gasteiger charge is 2.33. The Balaban J connectivity index is 4.63. The molecule has 0 fully saturated rings. The predicted octanol–water partition coefficient (Wildman–Crippen LogP) is 2.32. The van der Waals surface area contributed by atoms with E-state index in [0.717, 1.165) is 12.8 Å². The van der Waals surface area contributed by atoms with E-state index in [2.05, 4.69) is 4.52 Å². The van der Waals surface area contributed by atoms with Crippen molar-refractivity contribution in [2.45, 2.75) is 38.2 Å². The summed E-state index contributed by atoms with van der Waals surface area (Å²) in [6.07, 6.45) is 2.76. The third-order valence-electron chi connectivity index (χ3n) is 2.71. The topological polar surface area (TPSA) is 85.2 Å². The van der Waals surface area contributed by atoms with Gasteiger partial charge in [0.2, 0.25) is 0 Å². The number of rotatable bonds is 12. The summed E-state index contributed by atoms with van der Waals surface area (Å²) in [5, 5.41) is 0. The lowest BCUT2D eigenvalue weighted by Crippen LogP contribution is -2.40. The summed E-state index contributed by atoms with van der Waals surface area (Å²) in [6.45, 7) is 2.75. The molecule has 0 aliphatic rings.